The van der Waals surface area contributed by atoms with Gasteiger partial charge in [-0.1, -0.05) is 18.2 Å². The average molecular weight is 349 g/mol. The fraction of sp³-hybridized carbons (Fsp3) is 0.300. The molecule has 1 aliphatic heterocycles. The number of H-pyrrole nitrogens is 1. The maximum atomic E-state index is 12.5. The van der Waals surface area contributed by atoms with Gasteiger partial charge in [-0.15, -0.1) is 0 Å². The number of urea groups is 1. The van der Waals surface area contributed by atoms with Crippen molar-refractivity contribution in [1.29, 1.82) is 0 Å². The van der Waals surface area contributed by atoms with Gasteiger partial charge in [0.1, 0.15) is 0 Å². The third-order valence-electron chi connectivity index (χ3n) is 4.76. The van der Waals surface area contributed by atoms with Gasteiger partial charge in [-0.2, -0.15) is 0 Å². The van der Waals surface area contributed by atoms with Gasteiger partial charge in [0.2, 0.25) is 5.95 Å². The quantitative estimate of drug-likeness (QED) is 0.744. The first-order chi connectivity index (χ1) is 12.6. The fourth-order valence-electron chi connectivity index (χ4n) is 3.31. The van der Waals surface area contributed by atoms with E-state index in [1.807, 2.05) is 42.2 Å². The molecule has 2 aromatic carbocycles. The number of hydrogen-bond donors (Lipinski definition) is 2. The molecule has 0 saturated carbocycles. The molecule has 0 spiro atoms. The van der Waals surface area contributed by atoms with Crippen LogP contribution in [0.25, 0.3) is 11.0 Å². The number of fused-ring (bicyclic) bond motifs is 1. The molecular weight excluding hydrogens is 326 g/mol. The van der Waals surface area contributed by atoms with E-state index in [-0.39, 0.29) is 6.03 Å². The van der Waals surface area contributed by atoms with Crippen LogP contribution in [0.15, 0.2) is 42.5 Å². The number of amides is 2. The van der Waals surface area contributed by atoms with Crippen LogP contribution in [-0.2, 0) is 0 Å². The van der Waals surface area contributed by atoms with E-state index >= 15 is 0 Å². The molecule has 4 rings (SSSR count). The molecule has 2 amide bonds. The van der Waals surface area contributed by atoms with Crippen molar-refractivity contribution >= 4 is 28.7 Å². The number of aromatic nitrogens is 2. The van der Waals surface area contributed by atoms with Gasteiger partial charge < -0.3 is 20.1 Å². The van der Waals surface area contributed by atoms with Crippen LogP contribution in [0.1, 0.15) is 11.1 Å². The highest BCUT2D eigenvalue weighted by molar-refractivity contribution is 5.89. The standard InChI is InChI=1S/C20H23N5O/c1-14-4-3-5-16(12-14)21-20(26)25-10-8-24(9-11-25)19-22-17-7-6-15(2)13-18(17)23-19/h3-7,12-13H,8-11H2,1-2H3,(H,21,26)(H,22,23). The normalized spacial score (nSPS) is 14.7. The highest BCUT2D eigenvalue weighted by atomic mass is 16.2. The molecule has 1 saturated heterocycles. The SMILES string of the molecule is Cc1cccc(NC(=O)N2CCN(c3nc4ccc(C)cc4[nH]3)CC2)c1. The summed E-state index contributed by atoms with van der Waals surface area (Å²) in [6, 6.07) is 14.0. The zero-order valence-corrected chi connectivity index (χ0v) is 15.1. The summed E-state index contributed by atoms with van der Waals surface area (Å²) in [5.41, 5.74) is 5.22. The van der Waals surface area contributed by atoms with Gasteiger partial charge in [0, 0.05) is 31.9 Å². The van der Waals surface area contributed by atoms with Crippen molar-refractivity contribution < 1.29 is 4.79 Å². The number of carbonyl (C=O) groups excluding carboxylic acids is 1. The number of carbonyl (C=O) groups is 1. The lowest BCUT2D eigenvalue weighted by atomic mass is 10.2. The molecule has 0 unspecified atom stereocenters. The van der Waals surface area contributed by atoms with Gasteiger partial charge in [0.25, 0.3) is 0 Å². The largest absolute Gasteiger partial charge is 0.339 e. The molecule has 2 N–H and O–H groups in total. The molecule has 1 fully saturated rings. The molecule has 0 aliphatic carbocycles. The highest BCUT2D eigenvalue weighted by Gasteiger charge is 2.23. The van der Waals surface area contributed by atoms with Crippen LogP contribution >= 0.6 is 0 Å². The molecule has 134 valence electrons. The van der Waals surface area contributed by atoms with E-state index in [0.29, 0.717) is 13.1 Å². The molecule has 0 atom stereocenters. The molecule has 0 bridgehead atoms. The Balaban J connectivity index is 1.39. The molecule has 26 heavy (non-hydrogen) atoms. The van der Waals surface area contributed by atoms with Crippen LogP contribution in [0, 0.1) is 13.8 Å². The molecule has 1 aliphatic rings. The number of hydrogen-bond acceptors (Lipinski definition) is 3. The average Bonchev–Trinajstić information content (AvgIpc) is 3.05. The number of rotatable bonds is 2. The van der Waals surface area contributed by atoms with E-state index in [1.165, 1.54) is 5.56 Å². The van der Waals surface area contributed by atoms with Crippen LogP contribution in [0.4, 0.5) is 16.4 Å². The Kier molecular flexibility index (Phi) is 4.24. The van der Waals surface area contributed by atoms with E-state index in [9.17, 15) is 4.79 Å². The van der Waals surface area contributed by atoms with Crippen molar-refractivity contribution in [3.8, 4) is 0 Å². The van der Waals surface area contributed by atoms with Crippen molar-refractivity contribution in [3.05, 3.63) is 53.6 Å². The van der Waals surface area contributed by atoms with Crippen LogP contribution in [0.2, 0.25) is 0 Å². The minimum absolute atomic E-state index is 0.0459. The van der Waals surface area contributed by atoms with E-state index in [1.54, 1.807) is 0 Å². The van der Waals surface area contributed by atoms with E-state index in [0.717, 1.165) is 41.3 Å². The second-order valence-corrected chi connectivity index (χ2v) is 6.85. The Morgan fingerprint density at radius 1 is 1.04 bits per heavy atom. The van der Waals surface area contributed by atoms with Gasteiger partial charge in [-0.05, 0) is 49.2 Å². The van der Waals surface area contributed by atoms with Crippen LogP contribution in [-0.4, -0.2) is 47.1 Å². The predicted molar refractivity (Wildman–Crippen MR) is 105 cm³/mol. The van der Waals surface area contributed by atoms with Crippen molar-refractivity contribution in [1.82, 2.24) is 14.9 Å². The summed E-state index contributed by atoms with van der Waals surface area (Å²) in [4.78, 5) is 24.6. The fourth-order valence-corrected chi connectivity index (χ4v) is 3.31. The van der Waals surface area contributed by atoms with Gasteiger partial charge >= 0.3 is 6.03 Å². The number of aryl methyl sites for hydroxylation is 2. The second-order valence-electron chi connectivity index (χ2n) is 6.85. The van der Waals surface area contributed by atoms with Gasteiger partial charge in [-0.3, -0.25) is 0 Å². The molecule has 3 aromatic rings. The molecule has 6 heteroatoms. The van der Waals surface area contributed by atoms with E-state index in [2.05, 4.69) is 39.2 Å². The Labute approximate surface area is 152 Å². The van der Waals surface area contributed by atoms with Gasteiger partial charge in [0.05, 0.1) is 11.0 Å². The summed E-state index contributed by atoms with van der Waals surface area (Å²) in [7, 11) is 0. The number of nitrogens with one attached hydrogen (secondary N) is 2. The monoisotopic (exact) mass is 349 g/mol. The number of imidazole rings is 1. The smallest absolute Gasteiger partial charge is 0.321 e. The summed E-state index contributed by atoms with van der Waals surface area (Å²) in [6.45, 7) is 6.97. The highest BCUT2D eigenvalue weighted by Crippen LogP contribution is 2.20. The third-order valence-corrected chi connectivity index (χ3v) is 4.76. The van der Waals surface area contributed by atoms with Crippen LogP contribution in [0.5, 0.6) is 0 Å². The number of aromatic amines is 1. The van der Waals surface area contributed by atoms with E-state index < -0.39 is 0 Å². The molecule has 1 aromatic heterocycles. The van der Waals surface area contributed by atoms with E-state index in [4.69, 9.17) is 0 Å². The minimum Gasteiger partial charge on any atom is -0.339 e. The first-order valence-electron chi connectivity index (χ1n) is 8.92. The first kappa shape index (κ1) is 16.4. The van der Waals surface area contributed by atoms with Crippen LogP contribution < -0.4 is 10.2 Å². The maximum Gasteiger partial charge on any atom is 0.321 e. The lowest BCUT2D eigenvalue weighted by molar-refractivity contribution is 0.208. The summed E-state index contributed by atoms with van der Waals surface area (Å²) < 4.78 is 0. The minimum atomic E-state index is -0.0459. The molecule has 6 nitrogen and oxygen atoms in total. The summed E-state index contributed by atoms with van der Waals surface area (Å²) in [5, 5.41) is 2.98. The summed E-state index contributed by atoms with van der Waals surface area (Å²) >= 11 is 0. The number of benzene rings is 2. The molecular formula is C20H23N5O. The number of anilines is 2. The van der Waals surface area contributed by atoms with Crippen molar-refractivity contribution in [2.45, 2.75) is 13.8 Å². The first-order valence-corrected chi connectivity index (χ1v) is 8.92. The summed E-state index contributed by atoms with van der Waals surface area (Å²) in [6.07, 6.45) is 0. The Morgan fingerprint density at radius 2 is 1.81 bits per heavy atom. The third kappa shape index (κ3) is 3.35. The second kappa shape index (κ2) is 6.71. The lowest BCUT2D eigenvalue weighted by Crippen LogP contribution is -2.50. The van der Waals surface area contributed by atoms with Gasteiger partial charge in [-0.25, -0.2) is 9.78 Å². The zero-order valence-electron chi connectivity index (χ0n) is 15.1. The Morgan fingerprint density at radius 3 is 2.58 bits per heavy atom. The van der Waals surface area contributed by atoms with Gasteiger partial charge in [0.15, 0.2) is 0 Å². The zero-order chi connectivity index (χ0) is 18.1. The topological polar surface area (TPSA) is 64.3 Å². The Hall–Kier alpha value is -3.02. The molecule has 2 heterocycles. The maximum absolute atomic E-state index is 12.5. The molecule has 0 radical (unpaired) electrons. The van der Waals surface area contributed by atoms with Crippen LogP contribution in [0.3, 0.4) is 0 Å². The van der Waals surface area contributed by atoms with Crippen molar-refractivity contribution in [3.63, 3.8) is 0 Å². The van der Waals surface area contributed by atoms with Crippen molar-refractivity contribution in [2.24, 2.45) is 0 Å². The Bertz CT molecular complexity index is 940. The van der Waals surface area contributed by atoms with Crippen molar-refractivity contribution in [2.75, 3.05) is 36.4 Å². The predicted octanol–water partition coefficient (Wildman–Crippen LogP) is 3.53. The lowest BCUT2D eigenvalue weighted by Gasteiger charge is -2.34. The number of piperazine rings is 1. The summed E-state index contributed by atoms with van der Waals surface area (Å²) in [5.74, 6) is 0.879. The number of nitrogens with zero attached hydrogens (tertiary/aromatic N) is 3.